The van der Waals surface area contributed by atoms with E-state index in [1.165, 1.54) is 11.3 Å². The van der Waals surface area contributed by atoms with E-state index in [2.05, 4.69) is 20.6 Å². The first-order valence-electron chi connectivity index (χ1n) is 10.3. The van der Waals surface area contributed by atoms with Crippen molar-refractivity contribution in [2.75, 3.05) is 11.9 Å². The van der Waals surface area contributed by atoms with Crippen molar-refractivity contribution < 1.29 is 14.3 Å². The van der Waals surface area contributed by atoms with E-state index in [4.69, 9.17) is 16.2 Å². The number of benzene rings is 2. The second kappa shape index (κ2) is 11.1. The number of urea groups is 1. The fraction of sp³-hybridized carbons (Fsp3) is 0.217. The first-order valence-corrected chi connectivity index (χ1v) is 11.1. The van der Waals surface area contributed by atoms with Crippen LogP contribution in [0.5, 0.6) is 0 Å². The van der Waals surface area contributed by atoms with Crippen molar-refractivity contribution >= 4 is 40.1 Å². The fourth-order valence-electron chi connectivity index (χ4n) is 3.20. The van der Waals surface area contributed by atoms with Gasteiger partial charge in [-0.15, -0.1) is 0 Å². The molecule has 1 atom stereocenters. The van der Waals surface area contributed by atoms with Gasteiger partial charge in [-0.2, -0.15) is 4.99 Å². The second-order valence-corrected chi connectivity index (χ2v) is 8.08. The van der Waals surface area contributed by atoms with Gasteiger partial charge in [0.05, 0.1) is 29.6 Å². The maximum Gasteiger partial charge on any atom is 0.319 e. The molecule has 0 fully saturated rings. The summed E-state index contributed by atoms with van der Waals surface area (Å²) in [7, 11) is 0. The highest BCUT2D eigenvalue weighted by Crippen LogP contribution is 2.35. The number of aryl methyl sites for hydroxylation is 1. The highest BCUT2D eigenvalue weighted by Gasteiger charge is 2.19. The first-order chi connectivity index (χ1) is 15.9. The van der Waals surface area contributed by atoms with Crippen LogP contribution in [0, 0.1) is 6.92 Å². The fourth-order valence-corrected chi connectivity index (χ4v) is 4.15. The van der Waals surface area contributed by atoms with Gasteiger partial charge in [-0.1, -0.05) is 53.8 Å². The Hall–Kier alpha value is -3.92. The lowest BCUT2D eigenvalue weighted by molar-refractivity contribution is -0.143. The van der Waals surface area contributed by atoms with Crippen LogP contribution >= 0.6 is 11.3 Å². The molecule has 0 radical (unpaired) electrons. The van der Waals surface area contributed by atoms with Crippen LogP contribution in [0.1, 0.15) is 30.6 Å². The number of hydrogen-bond acceptors (Lipinski definition) is 6. The van der Waals surface area contributed by atoms with Gasteiger partial charge in [0.25, 0.3) is 0 Å². The number of ether oxygens (including phenoxy) is 1. The van der Waals surface area contributed by atoms with Crippen LogP contribution in [0.4, 0.5) is 15.6 Å². The van der Waals surface area contributed by atoms with Crippen LogP contribution in [-0.4, -0.2) is 29.6 Å². The Kier molecular flexibility index (Phi) is 7.98. The van der Waals surface area contributed by atoms with Crippen molar-refractivity contribution in [3.8, 4) is 10.4 Å². The number of nitrogens with two attached hydrogens (primary N) is 2. The molecule has 0 saturated heterocycles. The number of carbonyl (C=O) groups is 2. The summed E-state index contributed by atoms with van der Waals surface area (Å²) in [5, 5.41) is 6.15. The maximum absolute atomic E-state index is 12.7. The van der Waals surface area contributed by atoms with Gasteiger partial charge in [-0.3, -0.25) is 4.79 Å². The smallest absolute Gasteiger partial charge is 0.319 e. The van der Waals surface area contributed by atoms with E-state index in [1.807, 2.05) is 55.5 Å². The highest BCUT2D eigenvalue weighted by molar-refractivity contribution is 7.18. The standard InChI is InChI=1S/C23H26N6O3S/c1-3-32-19(30)13-18(15-8-5-4-6-9-15)28-22(31)27-17-11-7-10-16(12-17)20-14(2)26-23(33-20)29-21(24)25/h4-12,18H,3,13H2,1-2H3,(H2,27,28,31)(H4,24,25,26,29). The molecule has 33 heavy (non-hydrogen) atoms. The SMILES string of the molecule is CCOC(=O)CC(NC(=O)Nc1cccc(-c2sc(N=C(N)N)nc2C)c1)c1ccccc1. The molecule has 10 heteroatoms. The molecule has 0 spiro atoms. The zero-order valence-corrected chi connectivity index (χ0v) is 19.2. The summed E-state index contributed by atoms with van der Waals surface area (Å²) in [6.07, 6.45) is 0.0267. The van der Waals surface area contributed by atoms with Crippen molar-refractivity contribution in [2.24, 2.45) is 16.5 Å². The summed E-state index contributed by atoms with van der Waals surface area (Å²) in [5.74, 6) is -0.441. The molecule has 3 rings (SSSR count). The van der Waals surface area contributed by atoms with E-state index in [1.54, 1.807) is 13.0 Å². The van der Waals surface area contributed by atoms with E-state index in [-0.39, 0.29) is 25.0 Å². The molecule has 0 bridgehead atoms. The minimum absolute atomic E-state index is 0.0267. The Morgan fingerprint density at radius 2 is 1.91 bits per heavy atom. The predicted octanol–water partition coefficient (Wildman–Crippen LogP) is 3.84. The normalized spacial score (nSPS) is 11.3. The van der Waals surface area contributed by atoms with Gasteiger partial charge in [0.15, 0.2) is 5.96 Å². The lowest BCUT2D eigenvalue weighted by Gasteiger charge is -2.19. The summed E-state index contributed by atoms with van der Waals surface area (Å²) < 4.78 is 5.06. The van der Waals surface area contributed by atoms with E-state index >= 15 is 0 Å². The molecular formula is C23H26N6O3S. The van der Waals surface area contributed by atoms with Crippen LogP contribution in [0.3, 0.4) is 0 Å². The van der Waals surface area contributed by atoms with Crippen LogP contribution < -0.4 is 22.1 Å². The summed E-state index contributed by atoms with van der Waals surface area (Å²) in [5.41, 5.74) is 13.9. The van der Waals surface area contributed by atoms with E-state index in [0.29, 0.717) is 10.8 Å². The Bertz CT molecular complexity index is 1140. The molecule has 0 saturated carbocycles. The lowest BCUT2D eigenvalue weighted by Crippen LogP contribution is -2.34. The van der Waals surface area contributed by atoms with E-state index in [9.17, 15) is 9.59 Å². The van der Waals surface area contributed by atoms with Gasteiger partial charge in [0.1, 0.15) is 0 Å². The molecule has 1 unspecified atom stereocenters. The number of amides is 2. The summed E-state index contributed by atoms with van der Waals surface area (Å²) in [6, 6.07) is 15.7. The number of rotatable bonds is 8. The molecule has 9 nitrogen and oxygen atoms in total. The van der Waals surface area contributed by atoms with Crippen LogP contribution in [-0.2, 0) is 9.53 Å². The molecule has 3 aromatic rings. The van der Waals surface area contributed by atoms with Gasteiger partial charge in [-0.05, 0) is 37.1 Å². The largest absolute Gasteiger partial charge is 0.466 e. The quantitative estimate of drug-likeness (QED) is 0.225. The number of guanidine groups is 1. The number of carbonyl (C=O) groups excluding carboxylic acids is 2. The summed E-state index contributed by atoms with van der Waals surface area (Å²) >= 11 is 1.35. The molecule has 6 N–H and O–H groups in total. The monoisotopic (exact) mass is 466 g/mol. The zero-order chi connectivity index (χ0) is 23.8. The number of aromatic nitrogens is 1. The van der Waals surface area contributed by atoms with Crippen LogP contribution in [0.2, 0.25) is 0 Å². The van der Waals surface area contributed by atoms with Crippen molar-refractivity contribution in [2.45, 2.75) is 26.3 Å². The van der Waals surface area contributed by atoms with Gasteiger partial charge < -0.3 is 26.8 Å². The maximum atomic E-state index is 12.7. The molecule has 0 aliphatic carbocycles. The van der Waals surface area contributed by atoms with Gasteiger partial charge in [-0.25, -0.2) is 9.78 Å². The summed E-state index contributed by atoms with van der Waals surface area (Å²) in [4.78, 5) is 34.0. The Morgan fingerprint density at radius 1 is 1.15 bits per heavy atom. The molecule has 2 amide bonds. The summed E-state index contributed by atoms with van der Waals surface area (Å²) in [6.45, 7) is 3.89. The molecule has 0 aliphatic heterocycles. The molecule has 2 aromatic carbocycles. The second-order valence-electron chi connectivity index (χ2n) is 7.10. The molecule has 0 aliphatic rings. The number of esters is 1. The van der Waals surface area contributed by atoms with Crippen molar-refractivity contribution in [1.29, 1.82) is 0 Å². The topological polar surface area (TPSA) is 145 Å². The lowest BCUT2D eigenvalue weighted by atomic mass is 10.0. The number of hydrogen-bond donors (Lipinski definition) is 4. The highest BCUT2D eigenvalue weighted by atomic mass is 32.1. The average Bonchev–Trinajstić information content (AvgIpc) is 3.13. The van der Waals surface area contributed by atoms with Gasteiger partial charge >= 0.3 is 12.0 Å². The van der Waals surface area contributed by atoms with Crippen molar-refractivity contribution in [3.63, 3.8) is 0 Å². The third-order valence-corrected chi connectivity index (χ3v) is 5.68. The van der Waals surface area contributed by atoms with Crippen molar-refractivity contribution in [1.82, 2.24) is 10.3 Å². The van der Waals surface area contributed by atoms with Gasteiger partial charge in [0, 0.05) is 5.69 Å². The van der Waals surface area contributed by atoms with Gasteiger partial charge in [0.2, 0.25) is 5.13 Å². The minimum atomic E-state index is -0.528. The third-order valence-electron chi connectivity index (χ3n) is 4.58. The minimum Gasteiger partial charge on any atom is -0.466 e. The molecule has 172 valence electrons. The number of nitrogens with zero attached hydrogens (tertiary/aromatic N) is 2. The number of aliphatic imine (C=N–C) groups is 1. The number of thiazole rings is 1. The van der Waals surface area contributed by atoms with Crippen LogP contribution in [0.25, 0.3) is 10.4 Å². The number of nitrogens with one attached hydrogen (secondary N) is 2. The van der Waals surface area contributed by atoms with E-state index < -0.39 is 12.1 Å². The Morgan fingerprint density at radius 3 is 2.61 bits per heavy atom. The molecule has 1 aromatic heterocycles. The average molecular weight is 467 g/mol. The predicted molar refractivity (Wildman–Crippen MR) is 130 cm³/mol. The molecule has 1 heterocycles. The third kappa shape index (κ3) is 6.78. The Balaban J connectivity index is 1.75. The van der Waals surface area contributed by atoms with Crippen LogP contribution in [0.15, 0.2) is 59.6 Å². The zero-order valence-electron chi connectivity index (χ0n) is 18.4. The van der Waals surface area contributed by atoms with Crippen molar-refractivity contribution in [3.05, 3.63) is 65.9 Å². The Labute approximate surface area is 195 Å². The first kappa shape index (κ1) is 23.7. The molecular weight excluding hydrogens is 440 g/mol. The number of anilines is 1. The van der Waals surface area contributed by atoms with E-state index in [0.717, 1.165) is 21.7 Å².